The van der Waals surface area contributed by atoms with Gasteiger partial charge in [-0.3, -0.25) is 8.98 Å². The Bertz CT molecular complexity index is 495. The van der Waals surface area contributed by atoms with Gasteiger partial charge in [-0.15, -0.1) is 0 Å². The largest absolute Gasteiger partial charge is 0.466 e. The summed E-state index contributed by atoms with van der Waals surface area (Å²) in [5, 5.41) is 0. The van der Waals surface area contributed by atoms with Crippen molar-refractivity contribution in [3.63, 3.8) is 0 Å². The van der Waals surface area contributed by atoms with Gasteiger partial charge in [-0.1, -0.05) is 30.3 Å². The minimum Gasteiger partial charge on any atom is -0.466 e. The van der Waals surface area contributed by atoms with Crippen LogP contribution in [0.4, 0.5) is 0 Å². The van der Waals surface area contributed by atoms with Crippen molar-refractivity contribution in [3.05, 3.63) is 35.9 Å². The first kappa shape index (κ1) is 15.7. The van der Waals surface area contributed by atoms with Crippen molar-refractivity contribution in [2.24, 2.45) is 5.92 Å². The normalized spacial score (nSPS) is 12.9. The SMILES string of the molecule is CCOC(=O)[C@@H](COS(C)(=O)=O)Cc1ccccc1. The molecule has 1 atom stereocenters. The van der Waals surface area contributed by atoms with E-state index in [9.17, 15) is 13.2 Å². The second-order valence-electron chi connectivity index (χ2n) is 4.13. The molecule has 0 aliphatic rings. The number of benzene rings is 1. The topological polar surface area (TPSA) is 69.7 Å². The molecule has 0 saturated carbocycles. The zero-order chi connectivity index (χ0) is 14.3. The maximum Gasteiger partial charge on any atom is 0.311 e. The molecule has 0 unspecified atom stereocenters. The first-order valence-electron chi connectivity index (χ1n) is 5.97. The zero-order valence-electron chi connectivity index (χ0n) is 11.0. The van der Waals surface area contributed by atoms with E-state index in [1.54, 1.807) is 6.92 Å². The highest BCUT2D eigenvalue weighted by Crippen LogP contribution is 2.12. The van der Waals surface area contributed by atoms with Crippen LogP contribution >= 0.6 is 0 Å². The van der Waals surface area contributed by atoms with Crippen molar-refractivity contribution < 1.29 is 22.1 Å². The molecule has 0 spiro atoms. The van der Waals surface area contributed by atoms with Crippen molar-refractivity contribution in [1.29, 1.82) is 0 Å². The highest BCUT2D eigenvalue weighted by molar-refractivity contribution is 7.85. The van der Waals surface area contributed by atoms with Crippen molar-refractivity contribution in [1.82, 2.24) is 0 Å². The molecule has 5 nitrogen and oxygen atoms in total. The average molecular weight is 286 g/mol. The van der Waals surface area contributed by atoms with E-state index in [0.717, 1.165) is 11.8 Å². The second kappa shape index (κ2) is 7.25. The molecule has 106 valence electrons. The van der Waals surface area contributed by atoms with E-state index in [1.807, 2.05) is 30.3 Å². The fraction of sp³-hybridized carbons (Fsp3) is 0.462. The number of carbonyl (C=O) groups is 1. The quantitative estimate of drug-likeness (QED) is 0.559. The summed E-state index contributed by atoms with van der Waals surface area (Å²) >= 11 is 0. The van der Waals surface area contributed by atoms with Gasteiger partial charge in [0.2, 0.25) is 0 Å². The predicted octanol–water partition coefficient (Wildman–Crippen LogP) is 1.38. The monoisotopic (exact) mass is 286 g/mol. The van der Waals surface area contributed by atoms with Gasteiger partial charge in [0, 0.05) is 0 Å². The van der Waals surface area contributed by atoms with Gasteiger partial charge in [0.15, 0.2) is 0 Å². The summed E-state index contributed by atoms with van der Waals surface area (Å²) in [4.78, 5) is 11.8. The summed E-state index contributed by atoms with van der Waals surface area (Å²) in [5.41, 5.74) is 0.928. The molecule has 0 amide bonds. The molecule has 0 fully saturated rings. The Hall–Kier alpha value is -1.40. The van der Waals surface area contributed by atoms with Gasteiger partial charge in [-0.2, -0.15) is 8.42 Å². The summed E-state index contributed by atoms with van der Waals surface area (Å²) < 4.78 is 31.6. The number of hydrogen-bond acceptors (Lipinski definition) is 5. The van der Waals surface area contributed by atoms with Crippen LogP contribution in [-0.4, -0.2) is 33.9 Å². The van der Waals surface area contributed by atoms with Gasteiger partial charge < -0.3 is 4.74 Å². The Morgan fingerprint density at radius 2 is 1.89 bits per heavy atom. The number of esters is 1. The summed E-state index contributed by atoms with van der Waals surface area (Å²) in [6.07, 6.45) is 1.34. The molecule has 0 bridgehead atoms. The van der Waals surface area contributed by atoms with Crippen LogP contribution in [0, 0.1) is 5.92 Å². The molecule has 1 rings (SSSR count). The second-order valence-corrected chi connectivity index (χ2v) is 5.77. The van der Waals surface area contributed by atoms with Crippen LogP contribution in [0.3, 0.4) is 0 Å². The van der Waals surface area contributed by atoms with Gasteiger partial charge in [0.1, 0.15) is 0 Å². The Balaban J connectivity index is 2.72. The predicted molar refractivity (Wildman–Crippen MR) is 71.1 cm³/mol. The molecule has 0 radical (unpaired) electrons. The molecular formula is C13H18O5S. The zero-order valence-corrected chi connectivity index (χ0v) is 11.9. The van der Waals surface area contributed by atoms with E-state index < -0.39 is 22.0 Å². The molecule has 19 heavy (non-hydrogen) atoms. The van der Waals surface area contributed by atoms with E-state index >= 15 is 0 Å². The van der Waals surface area contributed by atoms with Crippen LogP contribution in [0.2, 0.25) is 0 Å². The molecule has 0 N–H and O–H groups in total. The van der Waals surface area contributed by atoms with Crippen LogP contribution in [0.15, 0.2) is 30.3 Å². The maximum atomic E-state index is 11.8. The van der Waals surface area contributed by atoms with Gasteiger partial charge in [0.05, 0.1) is 25.4 Å². The highest BCUT2D eigenvalue weighted by atomic mass is 32.2. The summed E-state index contributed by atoms with van der Waals surface area (Å²) in [7, 11) is -3.57. The van der Waals surface area contributed by atoms with Gasteiger partial charge in [0.25, 0.3) is 10.1 Å². The third kappa shape index (κ3) is 6.35. The highest BCUT2D eigenvalue weighted by Gasteiger charge is 2.22. The third-order valence-corrected chi connectivity index (χ3v) is 2.99. The third-order valence-electron chi connectivity index (χ3n) is 2.43. The summed E-state index contributed by atoms with van der Waals surface area (Å²) in [5.74, 6) is -1.08. The van der Waals surface area contributed by atoms with E-state index in [2.05, 4.69) is 0 Å². The van der Waals surface area contributed by atoms with Crippen LogP contribution in [0.25, 0.3) is 0 Å². The lowest BCUT2D eigenvalue weighted by Crippen LogP contribution is -2.26. The molecule has 0 heterocycles. The van der Waals surface area contributed by atoms with Gasteiger partial charge in [-0.25, -0.2) is 0 Å². The molecule has 0 aromatic heterocycles. The first-order valence-corrected chi connectivity index (χ1v) is 7.79. The van der Waals surface area contributed by atoms with Crippen LogP contribution < -0.4 is 0 Å². The Morgan fingerprint density at radius 3 is 2.42 bits per heavy atom. The fourth-order valence-corrected chi connectivity index (χ4v) is 1.99. The van der Waals surface area contributed by atoms with E-state index in [-0.39, 0.29) is 13.2 Å². The molecule has 1 aromatic rings. The van der Waals surface area contributed by atoms with Gasteiger partial charge in [-0.05, 0) is 18.9 Å². The van der Waals surface area contributed by atoms with Crippen molar-refractivity contribution in [3.8, 4) is 0 Å². The summed E-state index contributed by atoms with van der Waals surface area (Å²) in [6.45, 7) is 1.75. The Labute approximate surface area is 113 Å². The maximum absolute atomic E-state index is 11.8. The first-order chi connectivity index (χ1) is 8.92. The number of hydrogen-bond donors (Lipinski definition) is 0. The lowest BCUT2D eigenvalue weighted by atomic mass is 10.0. The molecule has 6 heteroatoms. The van der Waals surface area contributed by atoms with E-state index in [4.69, 9.17) is 8.92 Å². The average Bonchev–Trinajstić information content (AvgIpc) is 2.35. The molecule has 0 aliphatic carbocycles. The van der Waals surface area contributed by atoms with Crippen LogP contribution in [-0.2, 0) is 30.3 Å². The van der Waals surface area contributed by atoms with Crippen molar-refractivity contribution in [2.45, 2.75) is 13.3 Å². The van der Waals surface area contributed by atoms with Crippen LogP contribution in [0.1, 0.15) is 12.5 Å². The number of ether oxygens (including phenoxy) is 1. The molecule has 0 saturated heterocycles. The van der Waals surface area contributed by atoms with Gasteiger partial charge >= 0.3 is 5.97 Å². The minimum atomic E-state index is -3.57. The minimum absolute atomic E-state index is 0.202. The standard InChI is InChI=1S/C13H18O5S/c1-3-17-13(14)12(10-18-19(2,15)16)9-11-7-5-4-6-8-11/h4-8,12H,3,9-10H2,1-2H3/t12-/m1/s1. The number of rotatable bonds is 7. The lowest BCUT2D eigenvalue weighted by Gasteiger charge is -2.15. The van der Waals surface area contributed by atoms with Crippen molar-refractivity contribution >= 4 is 16.1 Å². The van der Waals surface area contributed by atoms with Crippen LogP contribution in [0.5, 0.6) is 0 Å². The van der Waals surface area contributed by atoms with E-state index in [1.165, 1.54) is 0 Å². The lowest BCUT2D eigenvalue weighted by molar-refractivity contribution is -0.148. The Morgan fingerprint density at radius 1 is 1.26 bits per heavy atom. The fourth-order valence-electron chi connectivity index (χ4n) is 1.57. The molecule has 0 aliphatic heterocycles. The Kier molecular flexibility index (Phi) is 5.98. The smallest absolute Gasteiger partial charge is 0.311 e. The number of carbonyl (C=O) groups excluding carboxylic acids is 1. The summed E-state index contributed by atoms with van der Waals surface area (Å²) in [6, 6.07) is 9.32. The van der Waals surface area contributed by atoms with E-state index in [0.29, 0.717) is 6.42 Å². The molecular weight excluding hydrogens is 268 g/mol. The van der Waals surface area contributed by atoms with Crippen molar-refractivity contribution in [2.75, 3.05) is 19.5 Å². The molecule has 1 aromatic carbocycles.